The third-order valence-electron chi connectivity index (χ3n) is 4.88. The molecule has 2 rings (SSSR count). The molecule has 0 spiro atoms. The highest BCUT2D eigenvalue weighted by atomic mass is 16.4. The average molecular weight is 294 g/mol. The van der Waals surface area contributed by atoms with Crippen LogP contribution in [-0.2, 0) is 4.79 Å². The van der Waals surface area contributed by atoms with Crippen molar-refractivity contribution in [3.63, 3.8) is 0 Å². The molecule has 118 valence electrons. The zero-order valence-corrected chi connectivity index (χ0v) is 12.8. The highest BCUT2D eigenvalue weighted by Gasteiger charge is 2.40. The molecule has 0 heterocycles. The van der Waals surface area contributed by atoms with Crippen molar-refractivity contribution < 1.29 is 14.7 Å². The first kappa shape index (κ1) is 15.9. The van der Waals surface area contributed by atoms with Gasteiger partial charge >= 0.3 is 12.0 Å². The van der Waals surface area contributed by atoms with E-state index in [4.69, 9.17) is 0 Å². The fourth-order valence-corrected chi connectivity index (χ4v) is 3.53. The summed E-state index contributed by atoms with van der Waals surface area (Å²) in [6.45, 7) is 0. The number of carbonyl (C=O) groups is 2. The van der Waals surface area contributed by atoms with Crippen molar-refractivity contribution in [3.8, 4) is 0 Å². The summed E-state index contributed by atoms with van der Waals surface area (Å²) in [7, 11) is 1.75. The second-order valence-electron chi connectivity index (χ2n) is 6.35. The van der Waals surface area contributed by atoms with Crippen LogP contribution in [0.2, 0.25) is 0 Å². The largest absolute Gasteiger partial charge is 0.481 e. The number of urea groups is 1. The number of hydrogen-bond donors (Lipinski definition) is 2. The molecule has 2 aliphatic rings. The van der Waals surface area contributed by atoms with Crippen LogP contribution in [0.25, 0.3) is 0 Å². The SMILES string of the molecule is CN(C(=O)NC1CC=CCC1)C1(CC(=O)O)CCCCC1. The maximum Gasteiger partial charge on any atom is 0.317 e. The molecule has 1 saturated carbocycles. The summed E-state index contributed by atoms with van der Waals surface area (Å²) in [5, 5.41) is 12.3. The average Bonchev–Trinajstić information content (AvgIpc) is 2.47. The summed E-state index contributed by atoms with van der Waals surface area (Å²) in [5.41, 5.74) is -0.515. The van der Waals surface area contributed by atoms with Gasteiger partial charge in [-0.25, -0.2) is 4.79 Å². The normalized spacial score (nSPS) is 24.3. The second kappa shape index (κ2) is 6.96. The van der Waals surface area contributed by atoms with Gasteiger partial charge in [-0.3, -0.25) is 4.79 Å². The number of amides is 2. The number of carboxylic acid groups (broad SMARTS) is 1. The standard InChI is InChI=1S/C16H26N2O3/c1-18(15(21)17-13-8-4-2-5-9-13)16(12-14(19)20)10-6-3-7-11-16/h2,4,13H,3,5-12H2,1H3,(H,17,21)(H,19,20). The van der Waals surface area contributed by atoms with Crippen molar-refractivity contribution in [1.29, 1.82) is 0 Å². The molecule has 0 aromatic carbocycles. The minimum Gasteiger partial charge on any atom is -0.481 e. The molecule has 0 radical (unpaired) electrons. The summed E-state index contributed by atoms with van der Waals surface area (Å²) >= 11 is 0. The molecule has 5 heteroatoms. The Morgan fingerprint density at radius 1 is 1.29 bits per heavy atom. The minimum absolute atomic E-state index is 0.0431. The van der Waals surface area contributed by atoms with Crippen LogP contribution in [0.3, 0.4) is 0 Å². The van der Waals surface area contributed by atoms with Gasteiger partial charge in [-0.05, 0) is 32.1 Å². The van der Waals surface area contributed by atoms with E-state index >= 15 is 0 Å². The van der Waals surface area contributed by atoms with Crippen LogP contribution in [0.5, 0.6) is 0 Å². The molecule has 2 aliphatic carbocycles. The van der Waals surface area contributed by atoms with Crippen LogP contribution in [0.1, 0.15) is 57.8 Å². The number of nitrogens with one attached hydrogen (secondary N) is 1. The molecular formula is C16H26N2O3. The fraction of sp³-hybridized carbons (Fsp3) is 0.750. The zero-order chi connectivity index (χ0) is 15.3. The first-order chi connectivity index (χ1) is 10.0. The summed E-state index contributed by atoms with van der Waals surface area (Å²) in [6, 6.07) is 0.0499. The van der Waals surface area contributed by atoms with Crippen molar-refractivity contribution in [1.82, 2.24) is 10.2 Å². The number of aliphatic carboxylic acids is 1. The van der Waals surface area contributed by atoms with Crippen LogP contribution < -0.4 is 5.32 Å². The highest BCUT2D eigenvalue weighted by molar-refractivity contribution is 5.77. The van der Waals surface area contributed by atoms with Gasteiger partial charge in [0.2, 0.25) is 0 Å². The molecule has 2 amide bonds. The van der Waals surface area contributed by atoms with E-state index in [0.717, 1.165) is 51.4 Å². The predicted octanol–water partition coefficient (Wildman–Crippen LogP) is 2.91. The third kappa shape index (κ3) is 3.99. The molecule has 5 nitrogen and oxygen atoms in total. The Morgan fingerprint density at radius 2 is 2.00 bits per heavy atom. The highest BCUT2D eigenvalue weighted by Crippen LogP contribution is 2.36. The van der Waals surface area contributed by atoms with Crippen LogP contribution in [0.15, 0.2) is 12.2 Å². The van der Waals surface area contributed by atoms with Gasteiger partial charge in [0.1, 0.15) is 0 Å². The zero-order valence-electron chi connectivity index (χ0n) is 12.8. The lowest BCUT2D eigenvalue weighted by atomic mass is 9.78. The Kier molecular flexibility index (Phi) is 5.26. The molecule has 0 saturated heterocycles. The van der Waals surface area contributed by atoms with Crippen molar-refractivity contribution in [3.05, 3.63) is 12.2 Å². The fourth-order valence-electron chi connectivity index (χ4n) is 3.53. The molecule has 1 atom stereocenters. The molecule has 0 bridgehead atoms. The van der Waals surface area contributed by atoms with Crippen LogP contribution in [-0.4, -0.2) is 40.6 Å². The molecule has 1 fully saturated rings. The Labute approximate surface area is 126 Å². The van der Waals surface area contributed by atoms with Crippen molar-refractivity contribution in [2.75, 3.05) is 7.05 Å². The molecule has 0 aromatic heterocycles. The van der Waals surface area contributed by atoms with E-state index in [-0.39, 0.29) is 18.5 Å². The van der Waals surface area contributed by atoms with Crippen molar-refractivity contribution in [2.45, 2.75) is 69.4 Å². The molecule has 21 heavy (non-hydrogen) atoms. The number of hydrogen-bond acceptors (Lipinski definition) is 2. The summed E-state index contributed by atoms with van der Waals surface area (Å²) in [5.74, 6) is -0.822. The van der Waals surface area contributed by atoms with Crippen molar-refractivity contribution in [2.24, 2.45) is 0 Å². The molecule has 1 unspecified atom stereocenters. The van der Waals surface area contributed by atoms with Gasteiger partial charge < -0.3 is 15.3 Å². The Morgan fingerprint density at radius 3 is 2.57 bits per heavy atom. The van der Waals surface area contributed by atoms with E-state index in [2.05, 4.69) is 17.5 Å². The van der Waals surface area contributed by atoms with Gasteiger partial charge in [0.05, 0.1) is 12.0 Å². The number of carbonyl (C=O) groups excluding carboxylic acids is 1. The first-order valence-corrected chi connectivity index (χ1v) is 7.95. The summed E-state index contributed by atoms with van der Waals surface area (Å²) in [6.07, 6.45) is 11.8. The van der Waals surface area contributed by atoms with Crippen molar-refractivity contribution >= 4 is 12.0 Å². The van der Waals surface area contributed by atoms with Crippen LogP contribution in [0.4, 0.5) is 4.79 Å². The van der Waals surface area contributed by atoms with E-state index in [1.54, 1.807) is 11.9 Å². The number of carboxylic acids is 1. The van der Waals surface area contributed by atoms with E-state index in [1.165, 1.54) is 0 Å². The van der Waals surface area contributed by atoms with Gasteiger partial charge in [-0.15, -0.1) is 0 Å². The smallest absolute Gasteiger partial charge is 0.317 e. The quantitative estimate of drug-likeness (QED) is 0.783. The van der Waals surface area contributed by atoms with E-state index in [9.17, 15) is 14.7 Å². The monoisotopic (exact) mass is 294 g/mol. The maximum atomic E-state index is 12.5. The lowest BCUT2D eigenvalue weighted by molar-refractivity contribution is -0.140. The molecular weight excluding hydrogens is 268 g/mol. The lowest BCUT2D eigenvalue weighted by Gasteiger charge is -2.44. The third-order valence-corrected chi connectivity index (χ3v) is 4.88. The predicted molar refractivity (Wildman–Crippen MR) is 81.1 cm³/mol. The number of rotatable bonds is 4. The molecule has 2 N–H and O–H groups in total. The Bertz CT molecular complexity index is 414. The van der Waals surface area contributed by atoms with E-state index in [0.29, 0.717) is 0 Å². The van der Waals surface area contributed by atoms with Crippen LogP contribution in [0, 0.1) is 0 Å². The number of allylic oxidation sites excluding steroid dienone is 1. The van der Waals surface area contributed by atoms with Gasteiger partial charge in [0, 0.05) is 13.1 Å². The molecule has 0 aromatic rings. The Balaban J connectivity index is 2.02. The second-order valence-corrected chi connectivity index (χ2v) is 6.35. The van der Waals surface area contributed by atoms with E-state index < -0.39 is 11.5 Å². The molecule has 0 aliphatic heterocycles. The maximum absolute atomic E-state index is 12.5. The van der Waals surface area contributed by atoms with Gasteiger partial charge in [-0.2, -0.15) is 0 Å². The van der Waals surface area contributed by atoms with E-state index in [1.807, 2.05) is 0 Å². The van der Waals surface area contributed by atoms with Gasteiger partial charge in [0.25, 0.3) is 0 Å². The number of nitrogens with zero attached hydrogens (tertiary/aromatic N) is 1. The van der Waals surface area contributed by atoms with Gasteiger partial charge in [0.15, 0.2) is 0 Å². The first-order valence-electron chi connectivity index (χ1n) is 7.95. The van der Waals surface area contributed by atoms with Crippen LogP contribution >= 0.6 is 0 Å². The van der Waals surface area contributed by atoms with Gasteiger partial charge in [-0.1, -0.05) is 31.4 Å². The topological polar surface area (TPSA) is 69.6 Å². The summed E-state index contributed by atoms with van der Waals surface area (Å²) < 4.78 is 0. The Hall–Kier alpha value is -1.52. The lowest BCUT2D eigenvalue weighted by Crippen LogP contribution is -2.56. The summed E-state index contributed by atoms with van der Waals surface area (Å²) in [4.78, 5) is 25.4. The minimum atomic E-state index is -0.822.